The predicted molar refractivity (Wildman–Crippen MR) is 118 cm³/mol. The van der Waals surface area contributed by atoms with E-state index in [0.717, 1.165) is 33.3 Å². The molecule has 0 unspecified atom stereocenters. The number of benzene rings is 2. The minimum absolute atomic E-state index is 0.208. The van der Waals surface area contributed by atoms with Crippen LogP contribution in [0.15, 0.2) is 66.2 Å². The van der Waals surface area contributed by atoms with Gasteiger partial charge in [-0.2, -0.15) is 9.97 Å². The van der Waals surface area contributed by atoms with Crippen molar-refractivity contribution in [3.63, 3.8) is 0 Å². The molecule has 0 atom stereocenters. The van der Waals surface area contributed by atoms with Gasteiger partial charge < -0.3 is 18.8 Å². The summed E-state index contributed by atoms with van der Waals surface area (Å²) < 4.78 is 18.6. The summed E-state index contributed by atoms with van der Waals surface area (Å²) in [6.45, 7) is 2.16. The zero-order valence-corrected chi connectivity index (χ0v) is 18.1. The summed E-state index contributed by atoms with van der Waals surface area (Å²) in [5.41, 5.74) is 2.89. The SMILES string of the molecule is Cc1c(Cl)nc(Oc2ccc(-n3ccnc3)cc2)nc1SCc1ccc2c(c1)OCO2. The first kappa shape index (κ1) is 19.7. The van der Waals surface area contributed by atoms with Crippen molar-refractivity contribution in [1.82, 2.24) is 19.5 Å². The number of fused-ring (bicyclic) bond motifs is 1. The zero-order chi connectivity index (χ0) is 21.2. The van der Waals surface area contributed by atoms with Gasteiger partial charge in [0.25, 0.3) is 0 Å². The smallest absolute Gasteiger partial charge is 0.324 e. The summed E-state index contributed by atoms with van der Waals surface area (Å²) in [5, 5.41) is 1.14. The summed E-state index contributed by atoms with van der Waals surface area (Å²) in [7, 11) is 0. The van der Waals surface area contributed by atoms with Crippen LogP contribution in [0.1, 0.15) is 11.1 Å². The molecule has 1 aliphatic rings. The van der Waals surface area contributed by atoms with Gasteiger partial charge in [0.2, 0.25) is 6.79 Å². The number of ether oxygens (including phenoxy) is 3. The lowest BCUT2D eigenvalue weighted by Crippen LogP contribution is -1.98. The number of imidazole rings is 1. The van der Waals surface area contributed by atoms with Crippen LogP contribution in [0.4, 0.5) is 0 Å². The van der Waals surface area contributed by atoms with Crippen LogP contribution in [0, 0.1) is 6.92 Å². The molecule has 7 nitrogen and oxygen atoms in total. The molecule has 5 rings (SSSR count). The van der Waals surface area contributed by atoms with E-state index in [4.69, 9.17) is 25.8 Å². The number of rotatable bonds is 6. The van der Waals surface area contributed by atoms with E-state index >= 15 is 0 Å². The number of thioether (sulfide) groups is 1. The fourth-order valence-corrected chi connectivity index (χ4v) is 4.18. The van der Waals surface area contributed by atoms with E-state index in [2.05, 4.69) is 15.0 Å². The lowest BCUT2D eigenvalue weighted by atomic mass is 10.2. The largest absolute Gasteiger partial charge is 0.454 e. The van der Waals surface area contributed by atoms with Crippen molar-refractivity contribution in [3.05, 3.63) is 77.5 Å². The van der Waals surface area contributed by atoms with E-state index in [-0.39, 0.29) is 12.8 Å². The summed E-state index contributed by atoms with van der Waals surface area (Å²) >= 11 is 7.91. The van der Waals surface area contributed by atoms with Gasteiger partial charge in [0.15, 0.2) is 11.5 Å². The molecule has 0 amide bonds. The molecule has 156 valence electrons. The Kier molecular flexibility index (Phi) is 5.40. The Balaban J connectivity index is 1.31. The Morgan fingerprint density at radius 2 is 1.94 bits per heavy atom. The van der Waals surface area contributed by atoms with Crippen LogP contribution in [0.2, 0.25) is 5.15 Å². The van der Waals surface area contributed by atoms with Crippen molar-refractivity contribution >= 4 is 23.4 Å². The highest BCUT2D eigenvalue weighted by Gasteiger charge is 2.15. The van der Waals surface area contributed by atoms with Gasteiger partial charge in [-0.25, -0.2) is 4.98 Å². The molecule has 0 saturated heterocycles. The summed E-state index contributed by atoms with van der Waals surface area (Å²) in [4.78, 5) is 12.9. The number of nitrogens with zero attached hydrogens (tertiary/aromatic N) is 4. The highest BCUT2D eigenvalue weighted by molar-refractivity contribution is 7.98. The molecule has 3 heterocycles. The fourth-order valence-electron chi connectivity index (χ4n) is 3.02. The molecular weight excluding hydrogens is 436 g/mol. The normalized spacial score (nSPS) is 12.2. The van der Waals surface area contributed by atoms with E-state index in [1.165, 1.54) is 0 Å². The number of hydrogen-bond acceptors (Lipinski definition) is 7. The van der Waals surface area contributed by atoms with Gasteiger partial charge in [0.1, 0.15) is 15.9 Å². The van der Waals surface area contributed by atoms with E-state index < -0.39 is 0 Å². The Morgan fingerprint density at radius 3 is 2.74 bits per heavy atom. The first-order chi connectivity index (χ1) is 15.2. The maximum atomic E-state index is 6.35. The van der Waals surface area contributed by atoms with Gasteiger partial charge in [0.05, 0.1) is 6.33 Å². The minimum atomic E-state index is 0.208. The second kappa shape index (κ2) is 8.49. The minimum Gasteiger partial charge on any atom is -0.454 e. The van der Waals surface area contributed by atoms with Crippen LogP contribution >= 0.6 is 23.4 Å². The third-order valence-electron chi connectivity index (χ3n) is 4.68. The Hall–Kier alpha value is -3.23. The van der Waals surface area contributed by atoms with Crippen LogP contribution in [0.5, 0.6) is 23.3 Å². The second-order valence-electron chi connectivity index (χ2n) is 6.77. The average Bonchev–Trinajstić information content (AvgIpc) is 3.47. The monoisotopic (exact) mass is 452 g/mol. The molecule has 0 fully saturated rings. The van der Waals surface area contributed by atoms with Gasteiger partial charge in [-0.15, -0.1) is 11.8 Å². The van der Waals surface area contributed by atoms with Crippen molar-refractivity contribution in [2.75, 3.05) is 6.79 Å². The second-order valence-corrected chi connectivity index (χ2v) is 8.09. The molecule has 4 aromatic rings. The van der Waals surface area contributed by atoms with E-state index in [9.17, 15) is 0 Å². The van der Waals surface area contributed by atoms with Crippen LogP contribution in [0.3, 0.4) is 0 Å². The average molecular weight is 453 g/mol. The van der Waals surface area contributed by atoms with Gasteiger partial charge in [-0.05, 0) is 48.9 Å². The predicted octanol–water partition coefficient (Wildman–Crippen LogP) is 5.44. The lowest BCUT2D eigenvalue weighted by Gasteiger charge is -2.10. The molecule has 0 aliphatic carbocycles. The molecule has 2 aromatic carbocycles. The molecule has 0 bridgehead atoms. The maximum Gasteiger partial charge on any atom is 0.324 e. The van der Waals surface area contributed by atoms with Gasteiger partial charge in [-0.1, -0.05) is 17.7 Å². The Bertz CT molecular complexity index is 1220. The van der Waals surface area contributed by atoms with Crippen molar-refractivity contribution < 1.29 is 14.2 Å². The Morgan fingerprint density at radius 1 is 1.10 bits per heavy atom. The molecule has 0 saturated carbocycles. The topological polar surface area (TPSA) is 71.3 Å². The van der Waals surface area contributed by atoms with Crippen molar-refractivity contribution in [3.8, 4) is 28.9 Å². The molecule has 9 heteroatoms. The van der Waals surface area contributed by atoms with Crippen LogP contribution < -0.4 is 14.2 Å². The summed E-state index contributed by atoms with van der Waals surface area (Å²) in [6, 6.07) is 13.7. The van der Waals surface area contributed by atoms with E-state index in [0.29, 0.717) is 16.7 Å². The van der Waals surface area contributed by atoms with Crippen molar-refractivity contribution in [1.29, 1.82) is 0 Å². The quantitative estimate of drug-likeness (QED) is 0.285. The molecule has 31 heavy (non-hydrogen) atoms. The van der Waals surface area contributed by atoms with Crippen molar-refractivity contribution in [2.45, 2.75) is 17.7 Å². The third-order valence-corrected chi connectivity index (χ3v) is 6.20. The van der Waals surface area contributed by atoms with Crippen molar-refractivity contribution in [2.24, 2.45) is 0 Å². The first-order valence-corrected chi connectivity index (χ1v) is 10.8. The zero-order valence-electron chi connectivity index (χ0n) is 16.5. The van der Waals surface area contributed by atoms with Gasteiger partial charge >= 0.3 is 6.01 Å². The number of aromatic nitrogens is 4. The summed E-state index contributed by atoms with van der Waals surface area (Å²) in [5.74, 6) is 2.85. The molecule has 2 aromatic heterocycles. The lowest BCUT2D eigenvalue weighted by molar-refractivity contribution is 0.174. The molecule has 0 N–H and O–H groups in total. The molecule has 0 spiro atoms. The highest BCUT2D eigenvalue weighted by atomic mass is 35.5. The molecular formula is C22H17ClN4O3S. The maximum absolute atomic E-state index is 6.35. The van der Waals surface area contributed by atoms with Crippen LogP contribution in [0.25, 0.3) is 5.69 Å². The first-order valence-electron chi connectivity index (χ1n) is 9.47. The Labute approximate surface area is 188 Å². The molecule has 0 radical (unpaired) electrons. The number of hydrogen-bond donors (Lipinski definition) is 0. The highest BCUT2D eigenvalue weighted by Crippen LogP contribution is 2.35. The van der Waals surface area contributed by atoms with E-state index in [1.807, 2.05) is 60.2 Å². The van der Waals surface area contributed by atoms with Crippen LogP contribution in [-0.4, -0.2) is 26.3 Å². The fraction of sp³-hybridized carbons (Fsp3) is 0.136. The van der Waals surface area contributed by atoms with E-state index in [1.54, 1.807) is 24.3 Å². The van der Waals surface area contributed by atoms with Gasteiger partial charge in [0, 0.05) is 29.4 Å². The molecule has 1 aliphatic heterocycles. The van der Waals surface area contributed by atoms with Crippen LogP contribution in [-0.2, 0) is 5.75 Å². The standard InChI is InChI=1S/C22H17ClN4O3S/c1-14-20(23)25-22(30-17-5-3-16(4-6-17)27-9-8-24-12-27)26-21(14)31-11-15-2-7-18-19(10-15)29-13-28-18/h2-10,12H,11,13H2,1H3. The van der Waals surface area contributed by atoms with Gasteiger partial charge in [-0.3, -0.25) is 0 Å². The number of halogens is 1. The summed E-state index contributed by atoms with van der Waals surface area (Å²) in [6.07, 6.45) is 5.35. The third kappa shape index (κ3) is 4.30.